The molecule has 0 aromatic heterocycles. The summed E-state index contributed by atoms with van der Waals surface area (Å²) in [5.41, 5.74) is 4.62. The first-order valence-electron chi connectivity index (χ1n) is 12.8. The summed E-state index contributed by atoms with van der Waals surface area (Å²) in [5.74, 6) is 0. The SMILES string of the molecule is CNCCC(C)(CCN1CCN(c2ccccc2)CC1)CN1CC=C(c2ccccc2)CC1. The van der Waals surface area contributed by atoms with E-state index in [0.29, 0.717) is 5.41 Å². The molecule has 2 heterocycles. The molecule has 0 saturated carbocycles. The topological polar surface area (TPSA) is 21.8 Å². The van der Waals surface area contributed by atoms with Crippen molar-refractivity contribution >= 4 is 11.3 Å². The first-order valence-corrected chi connectivity index (χ1v) is 12.8. The van der Waals surface area contributed by atoms with Gasteiger partial charge in [-0.1, -0.05) is 61.5 Å². The molecule has 178 valence electrons. The third kappa shape index (κ3) is 6.92. The lowest BCUT2D eigenvalue weighted by molar-refractivity contribution is 0.129. The van der Waals surface area contributed by atoms with E-state index in [4.69, 9.17) is 0 Å². The van der Waals surface area contributed by atoms with Crippen molar-refractivity contribution in [2.75, 3.05) is 70.9 Å². The highest BCUT2D eigenvalue weighted by molar-refractivity contribution is 5.66. The highest BCUT2D eigenvalue weighted by Gasteiger charge is 2.29. The number of rotatable bonds is 10. The van der Waals surface area contributed by atoms with E-state index in [-0.39, 0.29) is 0 Å². The molecule has 1 N–H and O–H groups in total. The van der Waals surface area contributed by atoms with Gasteiger partial charge >= 0.3 is 0 Å². The van der Waals surface area contributed by atoms with Crippen LogP contribution in [0, 0.1) is 5.41 Å². The van der Waals surface area contributed by atoms with Gasteiger partial charge in [-0.25, -0.2) is 0 Å². The molecule has 33 heavy (non-hydrogen) atoms. The average Bonchev–Trinajstić information content (AvgIpc) is 2.88. The third-order valence-electron chi connectivity index (χ3n) is 7.55. The van der Waals surface area contributed by atoms with E-state index >= 15 is 0 Å². The summed E-state index contributed by atoms with van der Waals surface area (Å²) in [6.45, 7) is 12.9. The summed E-state index contributed by atoms with van der Waals surface area (Å²) in [6.07, 6.45) is 6.12. The maximum Gasteiger partial charge on any atom is 0.0367 e. The van der Waals surface area contributed by atoms with Crippen LogP contribution in [0.5, 0.6) is 0 Å². The van der Waals surface area contributed by atoms with Gasteiger partial charge in [0.15, 0.2) is 0 Å². The monoisotopic (exact) mass is 446 g/mol. The van der Waals surface area contributed by atoms with Gasteiger partial charge in [-0.05, 0) is 68.1 Å². The second kappa shape index (κ2) is 11.8. The molecule has 0 aliphatic carbocycles. The van der Waals surface area contributed by atoms with Gasteiger partial charge in [-0.15, -0.1) is 0 Å². The van der Waals surface area contributed by atoms with Gasteiger partial charge in [-0.2, -0.15) is 0 Å². The molecule has 0 amide bonds. The van der Waals surface area contributed by atoms with Crippen LogP contribution < -0.4 is 10.2 Å². The maximum absolute atomic E-state index is 3.40. The van der Waals surface area contributed by atoms with Crippen molar-refractivity contribution in [3.8, 4) is 0 Å². The number of nitrogens with one attached hydrogen (secondary N) is 1. The van der Waals surface area contributed by atoms with Crippen LogP contribution in [0.15, 0.2) is 66.7 Å². The van der Waals surface area contributed by atoms with Crippen molar-refractivity contribution in [1.29, 1.82) is 0 Å². The fraction of sp³-hybridized carbons (Fsp3) is 0.517. The summed E-state index contributed by atoms with van der Waals surface area (Å²) in [7, 11) is 2.08. The average molecular weight is 447 g/mol. The van der Waals surface area contributed by atoms with Crippen LogP contribution in [0.25, 0.3) is 5.57 Å². The number of hydrogen-bond donors (Lipinski definition) is 1. The molecule has 0 bridgehead atoms. The van der Waals surface area contributed by atoms with Crippen molar-refractivity contribution in [3.63, 3.8) is 0 Å². The zero-order chi connectivity index (χ0) is 22.9. The number of para-hydroxylation sites is 1. The Morgan fingerprint density at radius 2 is 1.52 bits per heavy atom. The number of nitrogens with zero attached hydrogens (tertiary/aromatic N) is 3. The zero-order valence-electron chi connectivity index (χ0n) is 20.7. The molecular weight excluding hydrogens is 404 g/mol. The van der Waals surface area contributed by atoms with Crippen molar-refractivity contribution in [2.24, 2.45) is 5.41 Å². The van der Waals surface area contributed by atoms with Gasteiger partial charge in [0.05, 0.1) is 0 Å². The van der Waals surface area contributed by atoms with E-state index in [1.165, 1.54) is 62.4 Å². The van der Waals surface area contributed by atoms with Gasteiger partial charge in [-0.3, -0.25) is 9.80 Å². The molecule has 4 nitrogen and oxygen atoms in total. The van der Waals surface area contributed by atoms with Gasteiger partial charge in [0.1, 0.15) is 0 Å². The Morgan fingerprint density at radius 3 is 2.15 bits per heavy atom. The number of benzene rings is 2. The first-order chi connectivity index (χ1) is 16.1. The minimum absolute atomic E-state index is 0.345. The second-order valence-corrected chi connectivity index (χ2v) is 10.2. The smallest absolute Gasteiger partial charge is 0.0367 e. The van der Waals surface area contributed by atoms with Crippen molar-refractivity contribution in [2.45, 2.75) is 26.2 Å². The molecule has 0 spiro atoms. The van der Waals surface area contributed by atoms with Crippen LogP contribution in [0.4, 0.5) is 5.69 Å². The normalized spacial score (nSPS) is 19.8. The summed E-state index contributed by atoms with van der Waals surface area (Å²) in [4.78, 5) is 7.89. The molecule has 2 aromatic carbocycles. The standard InChI is InChI=1S/C29H42N4/c1-29(15-17-30-2,25-32-18-13-27(14-19-32)26-9-5-3-6-10-26)16-20-31-21-23-33(24-22-31)28-11-7-4-8-12-28/h3-13,30H,14-25H2,1-2H3. The molecule has 1 atom stereocenters. The largest absolute Gasteiger partial charge is 0.369 e. The minimum Gasteiger partial charge on any atom is -0.369 e. The Kier molecular flexibility index (Phi) is 8.60. The second-order valence-electron chi connectivity index (χ2n) is 10.2. The summed E-state index contributed by atoms with van der Waals surface area (Å²) < 4.78 is 0. The van der Waals surface area contributed by atoms with Crippen molar-refractivity contribution < 1.29 is 0 Å². The van der Waals surface area contributed by atoms with Gasteiger partial charge < -0.3 is 10.2 Å². The van der Waals surface area contributed by atoms with E-state index in [0.717, 1.165) is 32.6 Å². The van der Waals surface area contributed by atoms with E-state index in [2.05, 4.69) is 101 Å². The highest BCUT2D eigenvalue weighted by atomic mass is 15.3. The highest BCUT2D eigenvalue weighted by Crippen LogP contribution is 2.30. The van der Waals surface area contributed by atoms with E-state index in [1.807, 2.05) is 0 Å². The lowest BCUT2D eigenvalue weighted by atomic mass is 9.81. The van der Waals surface area contributed by atoms with E-state index < -0.39 is 0 Å². The Labute approximate surface area is 201 Å². The predicted molar refractivity (Wildman–Crippen MR) is 142 cm³/mol. The molecule has 4 heteroatoms. The summed E-state index contributed by atoms with van der Waals surface area (Å²) in [6, 6.07) is 21.8. The van der Waals surface area contributed by atoms with Gasteiger partial charge in [0.25, 0.3) is 0 Å². The predicted octanol–water partition coefficient (Wildman–Crippen LogP) is 4.60. The molecule has 1 unspecified atom stereocenters. The van der Waals surface area contributed by atoms with E-state index in [1.54, 1.807) is 0 Å². The molecule has 2 aliphatic heterocycles. The number of hydrogen-bond acceptors (Lipinski definition) is 4. The van der Waals surface area contributed by atoms with Crippen LogP contribution in [0.1, 0.15) is 31.7 Å². The maximum atomic E-state index is 3.40. The Morgan fingerprint density at radius 1 is 0.818 bits per heavy atom. The third-order valence-corrected chi connectivity index (χ3v) is 7.55. The van der Waals surface area contributed by atoms with Gasteiger partial charge in [0.2, 0.25) is 0 Å². The molecule has 2 aliphatic rings. The van der Waals surface area contributed by atoms with Crippen LogP contribution in [0.2, 0.25) is 0 Å². The number of piperazine rings is 1. The Balaban J connectivity index is 1.28. The molecule has 2 aromatic rings. The Bertz CT molecular complexity index is 858. The molecule has 4 rings (SSSR count). The Hall–Kier alpha value is -2.14. The zero-order valence-corrected chi connectivity index (χ0v) is 20.7. The van der Waals surface area contributed by atoms with Crippen LogP contribution in [-0.4, -0.2) is 75.8 Å². The quantitative estimate of drug-likeness (QED) is 0.576. The lowest BCUT2D eigenvalue weighted by Gasteiger charge is -2.40. The molecule has 1 saturated heterocycles. The molecule has 1 fully saturated rings. The van der Waals surface area contributed by atoms with Crippen LogP contribution >= 0.6 is 0 Å². The first kappa shape index (κ1) is 24.0. The van der Waals surface area contributed by atoms with Crippen molar-refractivity contribution in [3.05, 3.63) is 72.3 Å². The summed E-state index contributed by atoms with van der Waals surface area (Å²) >= 11 is 0. The fourth-order valence-corrected chi connectivity index (χ4v) is 5.32. The number of anilines is 1. The summed E-state index contributed by atoms with van der Waals surface area (Å²) in [5, 5.41) is 3.40. The van der Waals surface area contributed by atoms with Gasteiger partial charge in [0, 0.05) is 51.5 Å². The van der Waals surface area contributed by atoms with Crippen LogP contribution in [0.3, 0.4) is 0 Å². The lowest BCUT2D eigenvalue weighted by Crippen LogP contribution is -2.48. The fourth-order valence-electron chi connectivity index (χ4n) is 5.32. The van der Waals surface area contributed by atoms with Crippen LogP contribution in [-0.2, 0) is 0 Å². The van der Waals surface area contributed by atoms with E-state index in [9.17, 15) is 0 Å². The molecular formula is C29H42N4. The minimum atomic E-state index is 0.345. The molecule has 0 radical (unpaired) electrons. The van der Waals surface area contributed by atoms with Crippen molar-refractivity contribution in [1.82, 2.24) is 15.1 Å².